The number of thiazole rings is 1. The van der Waals surface area contributed by atoms with Crippen LogP contribution in [0.4, 0.5) is 5.13 Å². The van der Waals surface area contributed by atoms with Gasteiger partial charge in [0.15, 0.2) is 5.13 Å². The maximum absolute atomic E-state index is 12.6. The van der Waals surface area contributed by atoms with Crippen molar-refractivity contribution in [2.45, 2.75) is 40.2 Å². The van der Waals surface area contributed by atoms with Gasteiger partial charge >= 0.3 is 0 Å². The average Bonchev–Trinajstić information content (AvgIpc) is 3.28. The molecule has 0 saturated heterocycles. The molecule has 2 aromatic heterocycles. The maximum atomic E-state index is 12.6. The van der Waals surface area contributed by atoms with E-state index in [4.69, 9.17) is 0 Å². The first-order valence-corrected chi connectivity index (χ1v) is 10.8. The van der Waals surface area contributed by atoms with E-state index >= 15 is 0 Å². The van der Waals surface area contributed by atoms with E-state index < -0.39 is 0 Å². The van der Waals surface area contributed by atoms with E-state index in [1.54, 1.807) is 0 Å². The van der Waals surface area contributed by atoms with E-state index in [9.17, 15) is 4.79 Å². The van der Waals surface area contributed by atoms with Gasteiger partial charge in [0.2, 0.25) is 5.91 Å². The fourth-order valence-electron chi connectivity index (χ4n) is 3.87. The Balaban J connectivity index is 1.51. The highest BCUT2D eigenvalue weighted by atomic mass is 32.1. The van der Waals surface area contributed by atoms with Crippen LogP contribution in [0.2, 0.25) is 0 Å². The number of aryl methyl sites for hydroxylation is 1. The highest BCUT2D eigenvalue weighted by Crippen LogP contribution is 2.30. The fraction of sp³-hybridized carbons (Fsp3) is 0.250. The molecule has 29 heavy (non-hydrogen) atoms. The molecule has 2 aromatic carbocycles. The molecule has 0 fully saturated rings. The van der Waals surface area contributed by atoms with Gasteiger partial charge in [-0.3, -0.25) is 4.79 Å². The van der Waals surface area contributed by atoms with Gasteiger partial charge in [-0.25, -0.2) is 4.98 Å². The molecule has 1 amide bonds. The number of anilines is 1. The Labute approximate surface area is 175 Å². The number of nitrogens with zero attached hydrogens (tertiary/aromatic N) is 2. The van der Waals surface area contributed by atoms with Gasteiger partial charge in [-0.05, 0) is 42.7 Å². The molecule has 0 aliphatic carbocycles. The number of hydrogen-bond acceptors (Lipinski definition) is 3. The standard InChI is InChI=1S/C24H25N3OS/c1-4-12-27-16(2)13-21(17(27)3)22-15-29-24(25-22)26-23(28)14-19-10-7-9-18-8-5-6-11-20(18)19/h5-11,13,15H,4,12,14H2,1-3H3,(H,25,26,28). The summed E-state index contributed by atoms with van der Waals surface area (Å²) in [6, 6.07) is 16.4. The van der Waals surface area contributed by atoms with E-state index in [0.717, 1.165) is 40.6 Å². The lowest BCUT2D eigenvalue weighted by Gasteiger charge is -2.07. The predicted octanol–water partition coefficient (Wildman–Crippen LogP) is 5.97. The van der Waals surface area contributed by atoms with Crippen molar-refractivity contribution in [2.24, 2.45) is 0 Å². The minimum Gasteiger partial charge on any atom is -0.348 e. The Morgan fingerprint density at radius 3 is 2.76 bits per heavy atom. The Kier molecular flexibility index (Phi) is 5.49. The van der Waals surface area contributed by atoms with Gasteiger partial charge in [-0.1, -0.05) is 49.4 Å². The van der Waals surface area contributed by atoms with Crippen LogP contribution >= 0.6 is 11.3 Å². The molecule has 148 valence electrons. The lowest BCUT2D eigenvalue weighted by molar-refractivity contribution is -0.115. The van der Waals surface area contributed by atoms with Gasteiger partial charge in [0.1, 0.15) is 0 Å². The van der Waals surface area contributed by atoms with E-state index in [0.29, 0.717) is 11.6 Å². The summed E-state index contributed by atoms with van der Waals surface area (Å²) < 4.78 is 2.33. The van der Waals surface area contributed by atoms with E-state index in [2.05, 4.69) is 59.9 Å². The molecule has 0 aliphatic rings. The van der Waals surface area contributed by atoms with Gasteiger partial charge in [-0.2, -0.15) is 0 Å². The van der Waals surface area contributed by atoms with Crippen LogP contribution in [0.25, 0.3) is 22.0 Å². The lowest BCUT2D eigenvalue weighted by Crippen LogP contribution is -2.14. The van der Waals surface area contributed by atoms with Crippen molar-refractivity contribution in [1.29, 1.82) is 0 Å². The molecule has 5 heteroatoms. The molecule has 0 radical (unpaired) electrons. The Bertz CT molecular complexity index is 1170. The van der Waals surface area contributed by atoms with Gasteiger partial charge < -0.3 is 9.88 Å². The molecule has 0 bridgehead atoms. The Morgan fingerprint density at radius 2 is 1.93 bits per heavy atom. The molecular formula is C24H25N3OS. The minimum atomic E-state index is -0.0429. The van der Waals surface area contributed by atoms with Crippen molar-refractivity contribution < 1.29 is 4.79 Å². The van der Waals surface area contributed by atoms with Crippen LogP contribution in [-0.2, 0) is 17.8 Å². The average molecular weight is 404 g/mol. The maximum Gasteiger partial charge on any atom is 0.230 e. The zero-order valence-corrected chi connectivity index (χ0v) is 17.8. The van der Waals surface area contributed by atoms with Crippen molar-refractivity contribution >= 4 is 33.1 Å². The second-order valence-corrected chi connectivity index (χ2v) is 8.20. The third-order valence-electron chi connectivity index (χ3n) is 5.28. The molecule has 0 saturated carbocycles. The zero-order chi connectivity index (χ0) is 20.4. The van der Waals surface area contributed by atoms with Gasteiger partial charge in [0.25, 0.3) is 0 Å². The van der Waals surface area contributed by atoms with Crippen LogP contribution in [0.3, 0.4) is 0 Å². The molecular weight excluding hydrogens is 378 g/mol. The van der Waals surface area contributed by atoms with Crippen molar-refractivity contribution in [1.82, 2.24) is 9.55 Å². The van der Waals surface area contributed by atoms with Gasteiger partial charge in [0.05, 0.1) is 12.1 Å². The molecule has 4 rings (SSSR count). The number of nitrogens with one attached hydrogen (secondary N) is 1. The number of rotatable bonds is 6. The first-order valence-electron chi connectivity index (χ1n) is 9.96. The summed E-state index contributed by atoms with van der Waals surface area (Å²) in [6.07, 6.45) is 1.43. The quantitative estimate of drug-likeness (QED) is 0.431. The Morgan fingerprint density at radius 1 is 1.14 bits per heavy atom. The van der Waals surface area contributed by atoms with Crippen LogP contribution in [0.5, 0.6) is 0 Å². The minimum absolute atomic E-state index is 0.0429. The summed E-state index contributed by atoms with van der Waals surface area (Å²) in [5, 5.41) is 7.91. The molecule has 0 atom stereocenters. The topological polar surface area (TPSA) is 46.9 Å². The van der Waals surface area contributed by atoms with Crippen molar-refractivity contribution in [3.63, 3.8) is 0 Å². The zero-order valence-electron chi connectivity index (χ0n) is 17.0. The van der Waals surface area contributed by atoms with Crippen LogP contribution in [-0.4, -0.2) is 15.5 Å². The lowest BCUT2D eigenvalue weighted by atomic mass is 10.0. The molecule has 1 N–H and O–H groups in total. The number of benzene rings is 2. The molecule has 4 nitrogen and oxygen atoms in total. The van der Waals surface area contributed by atoms with Crippen molar-refractivity contribution in [3.05, 3.63) is 70.9 Å². The summed E-state index contributed by atoms with van der Waals surface area (Å²) in [5.74, 6) is -0.0429. The van der Waals surface area contributed by atoms with Crippen LogP contribution in [0, 0.1) is 13.8 Å². The molecule has 4 aromatic rings. The van der Waals surface area contributed by atoms with Gasteiger partial charge in [0, 0.05) is 28.9 Å². The first-order chi connectivity index (χ1) is 14.1. The second-order valence-electron chi connectivity index (χ2n) is 7.34. The highest BCUT2D eigenvalue weighted by Gasteiger charge is 2.15. The fourth-order valence-corrected chi connectivity index (χ4v) is 4.59. The van der Waals surface area contributed by atoms with E-state index in [1.807, 2.05) is 29.6 Å². The third kappa shape index (κ3) is 3.96. The summed E-state index contributed by atoms with van der Waals surface area (Å²) in [4.78, 5) is 17.3. The van der Waals surface area contributed by atoms with Gasteiger partial charge in [-0.15, -0.1) is 11.3 Å². The largest absolute Gasteiger partial charge is 0.348 e. The SMILES string of the molecule is CCCn1c(C)cc(-c2csc(NC(=O)Cc3cccc4ccccc34)n2)c1C. The Hall–Kier alpha value is -2.92. The van der Waals surface area contributed by atoms with Crippen LogP contribution in [0.15, 0.2) is 53.9 Å². The molecule has 0 spiro atoms. The normalized spacial score (nSPS) is 11.1. The van der Waals surface area contributed by atoms with Crippen molar-refractivity contribution in [3.8, 4) is 11.3 Å². The second kappa shape index (κ2) is 8.21. The number of carbonyl (C=O) groups excluding carboxylic acids is 1. The van der Waals surface area contributed by atoms with E-state index in [-0.39, 0.29) is 5.91 Å². The number of carbonyl (C=O) groups is 1. The van der Waals surface area contributed by atoms with Crippen LogP contribution < -0.4 is 5.32 Å². The number of fused-ring (bicyclic) bond motifs is 1. The number of hydrogen-bond donors (Lipinski definition) is 1. The predicted molar refractivity (Wildman–Crippen MR) is 122 cm³/mol. The monoisotopic (exact) mass is 403 g/mol. The van der Waals surface area contributed by atoms with E-state index in [1.165, 1.54) is 22.7 Å². The molecule has 0 aliphatic heterocycles. The van der Waals surface area contributed by atoms with Crippen molar-refractivity contribution in [2.75, 3.05) is 5.32 Å². The first kappa shape index (κ1) is 19.4. The molecule has 2 heterocycles. The summed E-state index contributed by atoms with van der Waals surface area (Å²) >= 11 is 1.47. The summed E-state index contributed by atoms with van der Waals surface area (Å²) in [5.41, 5.74) is 5.56. The smallest absolute Gasteiger partial charge is 0.230 e. The number of amides is 1. The summed E-state index contributed by atoms with van der Waals surface area (Å²) in [7, 11) is 0. The summed E-state index contributed by atoms with van der Waals surface area (Å²) in [6.45, 7) is 7.46. The molecule has 0 unspecified atom stereocenters. The highest BCUT2D eigenvalue weighted by molar-refractivity contribution is 7.14. The third-order valence-corrected chi connectivity index (χ3v) is 6.04. The van der Waals surface area contributed by atoms with Crippen LogP contribution in [0.1, 0.15) is 30.3 Å². The number of aromatic nitrogens is 2.